The number of nitrogens with zero attached hydrogens (tertiary/aromatic N) is 1. The van der Waals surface area contributed by atoms with Crippen LogP contribution in [0.5, 0.6) is 0 Å². The summed E-state index contributed by atoms with van der Waals surface area (Å²) in [5.74, 6) is 1.94. The van der Waals surface area contributed by atoms with Crippen molar-refractivity contribution in [1.82, 2.24) is 0 Å². The van der Waals surface area contributed by atoms with E-state index < -0.39 is 0 Å². The maximum Gasteiger partial charge on any atom is 0.146 e. The molecule has 2 aromatic carbocycles. The number of benzene rings is 2. The van der Waals surface area contributed by atoms with E-state index in [0.717, 1.165) is 12.1 Å². The largest absolute Gasteiger partial charge is 0.409 e. The summed E-state index contributed by atoms with van der Waals surface area (Å²) >= 11 is 0. The van der Waals surface area contributed by atoms with Gasteiger partial charge in [-0.1, -0.05) is 53.2 Å². The third-order valence-electron chi connectivity index (χ3n) is 5.06. The lowest BCUT2D eigenvalue weighted by atomic mass is 9.77. The molecule has 0 atom stereocenters. The van der Waals surface area contributed by atoms with Crippen molar-refractivity contribution in [2.75, 3.05) is 5.32 Å². The molecule has 24 heavy (non-hydrogen) atoms. The van der Waals surface area contributed by atoms with Crippen molar-refractivity contribution < 1.29 is 5.21 Å². The fourth-order valence-electron chi connectivity index (χ4n) is 3.62. The zero-order valence-corrected chi connectivity index (χ0v) is 14.3. The molecule has 2 aromatic rings. The first-order valence-corrected chi connectivity index (χ1v) is 8.84. The van der Waals surface area contributed by atoms with Crippen LogP contribution in [0.15, 0.2) is 59.8 Å². The molecule has 0 unspecified atom stereocenters. The van der Waals surface area contributed by atoms with E-state index >= 15 is 0 Å². The Bertz CT molecular complexity index is 656. The maximum absolute atomic E-state index is 9.33. The molecule has 0 heterocycles. The first-order valence-electron chi connectivity index (χ1n) is 8.84. The van der Waals surface area contributed by atoms with Gasteiger partial charge in [0, 0.05) is 12.1 Å². The van der Waals surface area contributed by atoms with Gasteiger partial charge in [-0.05, 0) is 62.1 Å². The number of hydrogen-bond acceptors (Lipinski definition) is 2. The highest BCUT2D eigenvalue weighted by molar-refractivity contribution is 5.95. The summed E-state index contributed by atoms with van der Waals surface area (Å²) in [6.45, 7) is 2.07. The average Bonchev–Trinajstić information content (AvgIpc) is 2.64. The van der Waals surface area contributed by atoms with Crippen LogP contribution in [0.3, 0.4) is 0 Å². The van der Waals surface area contributed by atoms with Crippen LogP contribution in [-0.4, -0.2) is 11.0 Å². The van der Waals surface area contributed by atoms with E-state index in [4.69, 9.17) is 0 Å². The van der Waals surface area contributed by atoms with Gasteiger partial charge in [0.2, 0.25) is 0 Å². The molecule has 0 bridgehead atoms. The van der Waals surface area contributed by atoms with Crippen molar-refractivity contribution in [1.29, 1.82) is 0 Å². The van der Waals surface area contributed by atoms with Gasteiger partial charge in [-0.3, -0.25) is 0 Å². The molecule has 0 amide bonds. The highest BCUT2D eigenvalue weighted by Crippen LogP contribution is 2.37. The van der Waals surface area contributed by atoms with Gasteiger partial charge in [0.05, 0.1) is 0 Å². The summed E-state index contributed by atoms with van der Waals surface area (Å²) in [6, 6.07) is 19.0. The fraction of sp³-hybridized carbons (Fsp3) is 0.381. The molecule has 0 aromatic heterocycles. The van der Waals surface area contributed by atoms with Gasteiger partial charge in [-0.25, -0.2) is 0 Å². The Labute approximate surface area is 144 Å². The van der Waals surface area contributed by atoms with Crippen molar-refractivity contribution in [3.63, 3.8) is 0 Å². The van der Waals surface area contributed by atoms with Crippen LogP contribution in [0.25, 0.3) is 0 Å². The van der Waals surface area contributed by atoms with Gasteiger partial charge < -0.3 is 10.5 Å². The third kappa shape index (κ3) is 4.38. The van der Waals surface area contributed by atoms with Crippen molar-refractivity contribution in [2.45, 2.75) is 44.9 Å². The van der Waals surface area contributed by atoms with Gasteiger partial charge >= 0.3 is 0 Å². The van der Waals surface area contributed by atoms with E-state index in [2.05, 4.69) is 59.9 Å². The number of hydrogen-bond donors (Lipinski definition) is 2. The zero-order valence-electron chi connectivity index (χ0n) is 14.3. The minimum atomic E-state index is 0.591. The second-order valence-corrected chi connectivity index (χ2v) is 6.87. The fourth-order valence-corrected chi connectivity index (χ4v) is 3.62. The Morgan fingerprint density at radius 3 is 2.29 bits per heavy atom. The smallest absolute Gasteiger partial charge is 0.146 e. The molecule has 2 N–H and O–H groups in total. The molecule has 1 fully saturated rings. The van der Waals surface area contributed by atoms with E-state index in [1.54, 1.807) is 0 Å². The Morgan fingerprint density at radius 2 is 1.67 bits per heavy atom. The van der Waals surface area contributed by atoms with Crippen LogP contribution in [-0.2, 0) is 0 Å². The maximum atomic E-state index is 9.33. The number of aryl methyl sites for hydroxylation is 1. The van der Waals surface area contributed by atoms with E-state index in [1.807, 2.05) is 12.1 Å². The quantitative estimate of drug-likeness (QED) is 0.335. The molecule has 1 saturated carbocycles. The lowest BCUT2D eigenvalue weighted by Crippen LogP contribution is -2.21. The highest BCUT2D eigenvalue weighted by Gasteiger charge is 2.23. The first kappa shape index (κ1) is 16.6. The van der Waals surface area contributed by atoms with Crippen LogP contribution in [0.2, 0.25) is 0 Å². The average molecular weight is 322 g/mol. The minimum absolute atomic E-state index is 0.591. The first-order chi connectivity index (χ1) is 11.7. The Hall–Kier alpha value is -2.29. The third-order valence-corrected chi connectivity index (χ3v) is 5.06. The molecule has 3 heteroatoms. The van der Waals surface area contributed by atoms with E-state index in [9.17, 15) is 5.21 Å². The van der Waals surface area contributed by atoms with Crippen LogP contribution in [0.1, 0.15) is 49.1 Å². The van der Waals surface area contributed by atoms with Crippen molar-refractivity contribution in [3.8, 4) is 0 Å². The number of oxime groups is 1. The van der Waals surface area contributed by atoms with Gasteiger partial charge in [0.1, 0.15) is 5.84 Å². The minimum Gasteiger partial charge on any atom is -0.409 e. The van der Waals surface area contributed by atoms with Gasteiger partial charge in [-0.2, -0.15) is 0 Å². The summed E-state index contributed by atoms with van der Waals surface area (Å²) in [4.78, 5) is 0. The summed E-state index contributed by atoms with van der Waals surface area (Å²) in [5, 5.41) is 16.1. The summed E-state index contributed by atoms with van der Waals surface area (Å²) < 4.78 is 0. The molecular formula is C21H26N2O. The second-order valence-electron chi connectivity index (χ2n) is 6.87. The number of anilines is 1. The van der Waals surface area contributed by atoms with E-state index in [-0.39, 0.29) is 0 Å². The summed E-state index contributed by atoms with van der Waals surface area (Å²) in [7, 11) is 0. The zero-order chi connectivity index (χ0) is 16.8. The lowest BCUT2D eigenvalue weighted by Gasteiger charge is -2.29. The molecule has 3 nitrogen and oxygen atoms in total. The van der Waals surface area contributed by atoms with Crippen LogP contribution < -0.4 is 5.32 Å². The topological polar surface area (TPSA) is 44.6 Å². The molecule has 0 aliphatic heterocycles. The second kappa shape index (κ2) is 8.00. The van der Waals surface area contributed by atoms with Crippen molar-refractivity contribution >= 4 is 11.5 Å². The van der Waals surface area contributed by atoms with E-state index in [0.29, 0.717) is 17.7 Å². The molecule has 1 aliphatic rings. The van der Waals surface area contributed by atoms with Crippen LogP contribution in [0.4, 0.5) is 5.69 Å². The van der Waals surface area contributed by atoms with Gasteiger partial charge in [0.25, 0.3) is 0 Å². The normalized spacial score (nSPS) is 21.5. The van der Waals surface area contributed by atoms with Crippen molar-refractivity contribution in [2.24, 2.45) is 11.1 Å². The SMILES string of the molecule is Cc1ccc(N/C(C[C@H]2CC[C@@H](c3ccccc3)CC2)=N\O)cc1. The monoisotopic (exact) mass is 322 g/mol. The molecule has 126 valence electrons. The van der Waals surface area contributed by atoms with Gasteiger partial charge in [-0.15, -0.1) is 0 Å². The number of rotatable bonds is 4. The molecule has 0 spiro atoms. The molecule has 0 radical (unpaired) electrons. The molecule has 0 saturated heterocycles. The number of nitrogens with one attached hydrogen (secondary N) is 1. The van der Waals surface area contributed by atoms with Crippen molar-refractivity contribution in [3.05, 3.63) is 65.7 Å². The predicted octanol–water partition coefficient (Wildman–Crippen LogP) is 5.56. The molecule has 1 aliphatic carbocycles. The van der Waals surface area contributed by atoms with Crippen LogP contribution in [0, 0.1) is 12.8 Å². The highest BCUT2D eigenvalue weighted by atomic mass is 16.4. The number of amidine groups is 1. The Morgan fingerprint density at radius 1 is 1.00 bits per heavy atom. The van der Waals surface area contributed by atoms with E-state index in [1.165, 1.54) is 36.8 Å². The molecular weight excluding hydrogens is 296 g/mol. The Balaban J connectivity index is 1.52. The predicted molar refractivity (Wildman–Crippen MR) is 99.8 cm³/mol. The van der Waals surface area contributed by atoms with Crippen LogP contribution >= 0.6 is 0 Å². The lowest BCUT2D eigenvalue weighted by molar-refractivity contribution is 0.306. The van der Waals surface area contributed by atoms with Gasteiger partial charge in [0.15, 0.2) is 0 Å². The summed E-state index contributed by atoms with van der Waals surface area (Å²) in [6.07, 6.45) is 5.63. The molecule has 3 rings (SSSR count). The Kier molecular flexibility index (Phi) is 5.52. The summed E-state index contributed by atoms with van der Waals surface area (Å²) in [5.41, 5.74) is 3.67. The standard InChI is InChI=1S/C21H26N2O/c1-16-7-13-20(14-8-16)22-21(23-24)15-17-9-11-19(12-10-17)18-5-3-2-4-6-18/h2-8,13-14,17,19,24H,9-12,15H2,1H3,(H,22,23)/t17-,19+.